The molecule has 1 fully saturated rings. The fourth-order valence-electron chi connectivity index (χ4n) is 2.45. The van der Waals surface area contributed by atoms with Crippen LogP contribution in [0.1, 0.15) is 6.42 Å². The summed E-state index contributed by atoms with van der Waals surface area (Å²) in [5, 5.41) is 7.96. The molecule has 1 aromatic carbocycles. The van der Waals surface area contributed by atoms with Gasteiger partial charge in [-0.15, -0.1) is 0 Å². The number of amides is 3. The average molecular weight is 355 g/mol. The highest BCUT2D eigenvalue weighted by molar-refractivity contribution is 7.91. The summed E-state index contributed by atoms with van der Waals surface area (Å²) < 4.78 is 27.5. The third-order valence-corrected chi connectivity index (χ3v) is 5.39. The molecule has 0 aromatic heterocycles. The Hall–Kier alpha value is -2.13. The first-order valence-corrected chi connectivity index (χ1v) is 9.34. The summed E-state index contributed by atoms with van der Waals surface area (Å²) in [7, 11) is -1.52. The lowest BCUT2D eigenvalue weighted by Crippen LogP contribution is -2.33. The van der Waals surface area contributed by atoms with Gasteiger partial charge in [0.05, 0.1) is 11.5 Å². The molecule has 0 aliphatic carbocycles. The molecule has 2 rings (SSSR count). The quantitative estimate of drug-likeness (QED) is 0.699. The zero-order valence-corrected chi connectivity index (χ0v) is 14.2. The van der Waals surface area contributed by atoms with E-state index in [0.717, 1.165) is 0 Å². The summed E-state index contributed by atoms with van der Waals surface area (Å²) in [4.78, 5) is 23.4. The van der Waals surface area contributed by atoms with Crippen molar-refractivity contribution in [2.24, 2.45) is 5.92 Å². The van der Waals surface area contributed by atoms with E-state index in [0.29, 0.717) is 24.3 Å². The van der Waals surface area contributed by atoms with Gasteiger partial charge in [0.15, 0.2) is 9.84 Å². The maximum atomic E-state index is 11.9. The summed E-state index contributed by atoms with van der Waals surface area (Å²) in [6.07, 6.45) is 0.573. The van der Waals surface area contributed by atoms with Gasteiger partial charge in [0, 0.05) is 25.0 Å². The Bertz CT molecular complexity index is 705. The van der Waals surface area contributed by atoms with E-state index in [9.17, 15) is 18.0 Å². The van der Waals surface area contributed by atoms with Crippen molar-refractivity contribution in [3.05, 3.63) is 24.3 Å². The van der Waals surface area contributed by atoms with Crippen LogP contribution in [0.4, 0.5) is 16.2 Å². The van der Waals surface area contributed by atoms with Crippen LogP contribution in [0.5, 0.6) is 0 Å². The Morgan fingerprint density at radius 1 is 1.25 bits per heavy atom. The lowest BCUT2D eigenvalue weighted by atomic mass is 10.1. The molecule has 3 amide bonds. The minimum absolute atomic E-state index is 0.0413. The molecule has 9 heteroatoms. The largest absolute Gasteiger partial charge is 0.375 e. The van der Waals surface area contributed by atoms with Gasteiger partial charge in [0.25, 0.3) is 0 Å². The van der Waals surface area contributed by atoms with E-state index in [2.05, 4.69) is 16.0 Å². The van der Waals surface area contributed by atoms with Crippen LogP contribution in [0.15, 0.2) is 24.3 Å². The maximum absolute atomic E-state index is 11.9. The molecule has 132 valence electrons. The molecular weight excluding hydrogens is 334 g/mol. The molecule has 1 saturated heterocycles. The number of ether oxygens (including phenoxy) is 1. The van der Waals surface area contributed by atoms with Gasteiger partial charge in [-0.1, -0.05) is 6.07 Å². The lowest BCUT2D eigenvalue weighted by molar-refractivity contribution is -0.119. The van der Waals surface area contributed by atoms with Crippen LogP contribution in [0.3, 0.4) is 0 Å². The SMILES string of the molecule is COCC(=O)Nc1cccc(NC(=O)NC[C@H]2CCS(=O)(=O)C2)c1. The van der Waals surface area contributed by atoms with Crippen LogP contribution in [-0.4, -0.2) is 52.1 Å². The Labute approximate surface area is 140 Å². The van der Waals surface area contributed by atoms with Crippen molar-refractivity contribution in [1.29, 1.82) is 0 Å². The molecule has 1 aliphatic heterocycles. The predicted molar refractivity (Wildman–Crippen MR) is 90.7 cm³/mol. The number of carbonyl (C=O) groups excluding carboxylic acids is 2. The molecule has 8 nitrogen and oxygen atoms in total. The molecule has 1 aliphatic rings. The lowest BCUT2D eigenvalue weighted by Gasteiger charge is -2.12. The second kappa shape index (κ2) is 8.11. The number of carbonyl (C=O) groups is 2. The highest BCUT2D eigenvalue weighted by Crippen LogP contribution is 2.18. The van der Waals surface area contributed by atoms with Crippen LogP contribution in [0.2, 0.25) is 0 Å². The Balaban J connectivity index is 1.82. The number of hydrogen-bond acceptors (Lipinski definition) is 5. The van der Waals surface area contributed by atoms with Crippen LogP contribution in [0.25, 0.3) is 0 Å². The van der Waals surface area contributed by atoms with Crippen molar-refractivity contribution in [3.63, 3.8) is 0 Å². The van der Waals surface area contributed by atoms with Gasteiger partial charge in [-0.2, -0.15) is 0 Å². The standard InChI is InChI=1S/C15H21N3O5S/c1-23-9-14(19)17-12-3-2-4-13(7-12)18-15(20)16-8-11-5-6-24(21,22)10-11/h2-4,7,11H,5-6,8-10H2,1H3,(H,17,19)(H2,16,18,20)/t11-/m1/s1. The summed E-state index contributed by atoms with van der Waals surface area (Å²) in [6.45, 7) is 0.262. The number of benzene rings is 1. The number of urea groups is 1. The van der Waals surface area contributed by atoms with Gasteiger partial charge >= 0.3 is 6.03 Å². The summed E-state index contributed by atoms with van der Waals surface area (Å²) >= 11 is 0. The molecule has 0 spiro atoms. The van der Waals surface area contributed by atoms with Crippen molar-refractivity contribution in [2.45, 2.75) is 6.42 Å². The Morgan fingerprint density at radius 3 is 2.58 bits per heavy atom. The predicted octanol–water partition coefficient (Wildman–Crippen LogP) is 0.828. The zero-order valence-electron chi connectivity index (χ0n) is 13.4. The second-order valence-corrected chi connectivity index (χ2v) is 7.89. The first kappa shape index (κ1) is 18.2. The van der Waals surface area contributed by atoms with Gasteiger partial charge in [0.2, 0.25) is 5.91 Å². The molecular formula is C15H21N3O5S. The van der Waals surface area contributed by atoms with Gasteiger partial charge in [0.1, 0.15) is 6.61 Å². The number of nitrogens with one attached hydrogen (secondary N) is 3. The van der Waals surface area contributed by atoms with E-state index in [4.69, 9.17) is 4.74 Å². The third kappa shape index (κ3) is 5.82. The number of rotatable bonds is 6. The van der Waals surface area contributed by atoms with Crippen molar-refractivity contribution < 1.29 is 22.7 Å². The zero-order chi connectivity index (χ0) is 17.6. The van der Waals surface area contributed by atoms with Gasteiger partial charge < -0.3 is 20.7 Å². The fraction of sp³-hybridized carbons (Fsp3) is 0.467. The number of sulfone groups is 1. The first-order valence-electron chi connectivity index (χ1n) is 7.52. The van der Waals surface area contributed by atoms with Crippen molar-refractivity contribution in [2.75, 3.05) is 42.4 Å². The third-order valence-electron chi connectivity index (χ3n) is 3.56. The first-order chi connectivity index (χ1) is 11.4. The Kier molecular flexibility index (Phi) is 6.16. The van der Waals surface area contributed by atoms with Gasteiger partial charge in [-0.3, -0.25) is 4.79 Å². The van der Waals surface area contributed by atoms with E-state index >= 15 is 0 Å². The topological polar surface area (TPSA) is 114 Å². The molecule has 0 unspecified atom stereocenters. The summed E-state index contributed by atoms with van der Waals surface area (Å²) in [5.74, 6) is -0.0275. The number of hydrogen-bond donors (Lipinski definition) is 3. The van der Waals surface area contributed by atoms with Crippen LogP contribution in [0, 0.1) is 5.92 Å². The molecule has 1 atom stereocenters. The van der Waals surface area contributed by atoms with E-state index in [1.54, 1.807) is 24.3 Å². The van der Waals surface area contributed by atoms with E-state index in [1.165, 1.54) is 7.11 Å². The van der Waals surface area contributed by atoms with E-state index in [1.807, 2.05) is 0 Å². The van der Waals surface area contributed by atoms with Gasteiger partial charge in [-0.05, 0) is 30.5 Å². The van der Waals surface area contributed by atoms with Crippen LogP contribution in [-0.2, 0) is 19.4 Å². The highest BCUT2D eigenvalue weighted by Gasteiger charge is 2.27. The average Bonchev–Trinajstić information content (AvgIpc) is 2.85. The van der Waals surface area contributed by atoms with Crippen LogP contribution < -0.4 is 16.0 Å². The number of anilines is 2. The van der Waals surface area contributed by atoms with Crippen molar-refractivity contribution in [1.82, 2.24) is 5.32 Å². The molecule has 3 N–H and O–H groups in total. The monoisotopic (exact) mass is 355 g/mol. The molecule has 24 heavy (non-hydrogen) atoms. The molecule has 1 aromatic rings. The molecule has 0 saturated carbocycles. The summed E-state index contributed by atoms with van der Waals surface area (Å²) in [5.41, 5.74) is 1.05. The fourth-order valence-corrected chi connectivity index (χ4v) is 4.31. The van der Waals surface area contributed by atoms with Crippen molar-refractivity contribution >= 4 is 33.2 Å². The summed E-state index contributed by atoms with van der Waals surface area (Å²) in [6, 6.07) is 6.28. The van der Waals surface area contributed by atoms with Crippen molar-refractivity contribution in [3.8, 4) is 0 Å². The molecule has 1 heterocycles. The normalized spacial score (nSPS) is 18.8. The smallest absolute Gasteiger partial charge is 0.319 e. The van der Waals surface area contributed by atoms with Crippen LogP contribution >= 0.6 is 0 Å². The molecule has 0 radical (unpaired) electrons. The maximum Gasteiger partial charge on any atom is 0.319 e. The minimum Gasteiger partial charge on any atom is -0.375 e. The molecule has 0 bridgehead atoms. The van der Waals surface area contributed by atoms with E-state index in [-0.39, 0.29) is 29.9 Å². The number of methoxy groups -OCH3 is 1. The van der Waals surface area contributed by atoms with E-state index < -0.39 is 15.9 Å². The minimum atomic E-state index is -2.95. The second-order valence-electron chi connectivity index (χ2n) is 5.67. The van der Waals surface area contributed by atoms with Gasteiger partial charge in [-0.25, -0.2) is 13.2 Å². The highest BCUT2D eigenvalue weighted by atomic mass is 32.2. The Morgan fingerprint density at radius 2 is 1.96 bits per heavy atom.